The van der Waals surface area contributed by atoms with Crippen LogP contribution >= 0.6 is 0 Å². The quantitative estimate of drug-likeness (QED) is 0.665. The third-order valence-electron chi connectivity index (χ3n) is 4.02. The molecule has 3 N–H and O–H groups in total. The van der Waals surface area contributed by atoms with Gasteiger partial charge in [0.25, 0.3) is 0 Å². The summed E-state index contributed by atoms with van der Waals surface area (Å²) in [6.45, 7) is 2.87. The average molecular weight is 240 g/mol. The summed E-state index contributed by atoms with van der Waals surface area (Å²) in [5.74, 6) is -1.18. The molecule has 0 aromatic heterocycles. The standard InChI is InChI=1S/C12H20N2O3/c1-7-8(5-6-13-7)11(15)14-10-4-2-3-9(10)12(16)17/h7-10,13H,2-6H2,1H3,(H,14,15)(H,16,17). The first-order valence-corrected chi connectivity index (χ1v) is 6.36. The van der Waals surface area contributed by atoms with E-state index in [4.69, 9.17) is 5.11 Å². The molecule has 4 atom stereocenters. The van der Waals surface area contributed by atoms with Gasteiger partial charge in [-0.1, -0.05) is 6.42 Å². The number of aliphatic carboxylic acids is 1. The highest BCUT2D eigenvalue weighted by atomic mass is 16.4. The Labute approximate surface area is 101 Å². The SMILES string of the molecule is CC1NCCC1C(=O)NC1CCCC1C(=O)O. The molecular formula is C12H20N2O3. The Hall–Kier alpha value is -1.10. The summed E-state index contributed by atoms with van der Waals surface area (Å²) in [7, 11) is 0. The highest BCUT2D eigenvalue weighted by Gasteiger charge is 2.37. The molecule has 0 radical (unpaired) electrons. The van der Waals surface area contributed by atoms with E-state index in [9.17, 15) is 9.59 Å². The molecule has 2 rings (SSSR count). The highest BCUT2D eigenvalue weighted by molar-refractivity contribution is 5.81. The van der Waals surface area contributed by atoms with E-state index in [-0.39, 0.29) is 23.9 Å². The fraction of sp³-hybridized carbons (Fsp3) is 0.833. The van der Waals surface area contributed by atoms with Gasteiger partial charge in [0.2, 0.25) is 5.91 Å². The molecular weight excluding hydrogens is 220 g/mol. The van der Waals surface area contributed by atoms with E-state index < -0.39 is 11.9 Å². The molecule has 2 fully saturated rings. The van der Waals surface area contributed by atoms with Gasteiger partial charge in [0, 0.05) is 12.1 Å². The number of hydrogen-bond donors (Lipinski definition) is 3. The van der Waals surface area contributed by atoms with Crippen molar-refractivity contribution in [3.05, 3.63) is 0 Å². The molecule has 1 aliphatic heterocycles. The Morgan fingerprint density at radius 1 is 1.24 bits per heavy atom. The fourth-order valence-corrected chi connectivity index (χ4v) is 2.94. The van der Waals surface area contributed by atoms with Crippen LogP contribution in [-0.2, 0) is 9.59 Å². The molecule has 1 saturated heterocycles. The second-order valence-electron chi connectivity index (χ2n) is 5.13. The summed E-state index contributed by atoms with van der Waals surface area (Å²) in [5.41, 5.74) is 0. The zero-order chi connectivity index (χ0) is 12.4. The topological polar surface area (TPSA) is 78.4 Å². The summed E-state index contributed by atoms with van der Waals surface area (Å²) in [6.07, 6.45) is 3.20. The van der Waals surface area contributed by atoms with Crippen LogP contribution in [0.15, 0.2) is 0 Å². The summed E-state index contributed by atoms with van der Waals surface area (Å²) in [6, 6.07) is 0.0208. The Bertz CT molecular complexity index is 319. The molecule has 0 spiro atoms. The molecule has 0 bridgehead atoms. The van der Waals surface area contributed by atoms with Gasteiger partial charge in [-0.25, -0.2) is 0 Å². The Morgan fingerprint density at radius 2 is 2.00 bits per heavy atom. The second kappa shape index (κ2) is 5.04. The van der Waals surface area contributed by atoms with Crippen molar-refractivity contribution in [3.8, 4) is 0 Å². The van der Waals surface area contributed by atoms with E-state index in [1.807, 2.05) is 6.92 Å². The van der Waals surface area contributed by atoms with Gasteiger partial charge in [0.15, 0.2) is 0 Å². The molecule has 5 nitrogen and oxygen atoms in total. The Kier molecular flexibility index (Phi) is 3.66. The van der Waals surface area contributed by atoms with E-state index in [1.54, 1.807) is 0 Å². The fourth-order valence-electron chi connectivity index (χ4n) is 2.94. The first kappa shape index (κ1) is 12.4. The molecule has 1 heterocycles. The Morgan fingerprint density at radius 3 is 2.59 bits per heavy atom. The number of carboxylic acids is 1. The van der Waals surface area contributed by atoms with Gasteiger partial charge in [0.05, 0.1) is 11.8 Å². The maximum Gasteiger partial charge on any atom is 0.308 e. The normalized spacial score (nSPS) is 37.0. The van der Waals surface area contributed by atoms with Crippen LogP contribution in [0.3, 0.4) is 0 Å². The Balaban J connectivity index is 1.91. The van der Waals surface area contributed by atoms with Crippen LogP contribution < -0.4 is 10.6 Å². The third kappa shape index (κ3) is 2.60. The zero-order valence-electron chi connectivity index (χ0n) is 10.1. The molecule has 1 aliphatic carbocycles. The van der Waals surface area contributed by atoms with Gasteiger partial charge >= 0.3 is 5.97 Å². The van der Waals surface area contributed by atoms with E-state index in [2.05, 4.69) is 10.6 Å². The minimum Gasteiger partial charge on any atom is -0.481 e. The molecule has 96 valence electrons. The lowest BCUT2D eigenvalue weighted by Crippen LogP contribution is -2.45. The van der Waals surface area contributed by atoms with Crippen molar-refractivity contribution >= 4 is 11.9 Å². The van der Waals surface area contributed by atoms with Crippen LogP contribution in [0.25, 0.3) is 0 Å². The first-order chi connectivity index (χ1) is 8.09. The second-order valence-corrected chi connectivity index (χ2v) is 5.13. The number of carbonyl (C=O) groups excluding carboxylic acids is 1. The van der Waals surface area contributed by atoms with Crippen molar-refractivity contribution in [2.24, 2.45) is 11.8 Å². The smallest absolute Gasteiger partial charge is 0.308 e. The molecule has 2 aliphatic rings. The summed E-state index contributed by atoms with van der Waals surface area (Å²) >= 11 is 0. The molecule has 0 aromatic rings. The van der Waals surface area contributed by atoms with Crippen molar-refractivity contribution in [1.29, 1.82) is 0 Å². The van der Waals surface area contributed by atoms with E-state index >= 15 is 0 Å². The summed E-state index contributed by atoms with van der Waals surface area (Å²) in [4.78, 5) is 23.1. The van der Waals surface area contributed by atoms with Gasteiger partial charge in [-0.15, -0.1) is 0 Å². The van der Waals surface area contributed by atoms with Gasteiger partial charge in [-0.2, -0.15) is 0 Å². The third-order valence-corrected chi connectivity index (χ3v) is 4.02. The molecule has 17 heavy (non-hydrogen) atoms. The minimum atomic E-state index is -0.787. The zero-order valence-corrected chi connectivity index (χ0v) is 10.1. The van der Waals surface area contributed by atoms with Crippen LogP contribution in [-0.4, -0.2) is 35.6 Å². The largest absolute Gasteiger partial charge is 0.481 e. The maximum atomic E-state index is 12.0. The molecule has 4 unspecified atom stereocenters. The number of amides is 1. The number of carboxylic acid groups (broad SMARTS) is 1. The lowest BCUT2D eigenvalue weighted by Gasteiger charge is -2.21. The summed E-state index contributed by atoms with van der Waals surface area (Å²) in [5, 5.41) is 15.2. The monoisotopic (exact) mass is 240 g/mol. The average Bonchev–Trinajstić information content (AvgIpc) is 2.86. The van der Waals surface area contributed by atoms with Crippen LogP contribution in [0.5, 0.6) is 0 Å². The van der Waals surface area contributed by atoms with E-state index in [0.29, 0.717) is 6.42 Å². The van der Waals surface area contributed by atoms with Gasteiger partial charge < -0.3 is 15.7 Å². The number of rotatable bonds is 3. The number of carbonyl (C=O) groups is 2. The molecule has 1 saturated carbocycles. The molecule has 0 aromatic carbocycles. The molecule has 1 amide bonds. The van der Waals surface area contributed by atoms with Crippen molar-refractivity contribution in [1.82, 2.24) is 10.6 Å². The lowest BCUT2D eigenvalue weighted by molar-refractivity contribution is -0.142. The predicted molar refractivity (Wildman–Crippen MR) is 62.5 cm³/mol. The van der Waals surface area contributed by atoms with Crippen molar-refractivity contribution in [2.75, 3.05) is 6.54 Å². The molecule has 5 heteroatoms. The van der Waals surface area contributed by atoms with Crippen molar-refractivity contribution in [3.63, 3.8) is 0 Å². The van der Waals surface area contributed by atoms with Crippen LogP contribution in [0.4, 0.5) is 0 Å². The van der Waals surface area contributed by atoms with E-state index in [0.717, 1.165) is 25.8 Å². The van der Waals surface area contributed by atoms with Gasteiger partial charge in [-0.05, 0) is 32.7 Å². The first-order valence-electron chi connectivity index (χ1n) is 6.36. The summed E-state index contributed by atoms with van der Waals surface area (Å²) < 4.78 is 0. The van der Waals surface area contributed by atoms with Crippen molar-refractivity contribution in [2.45, 2.75) is 44.7 Å². The highest BCUT2D eigenvalue weighted by Crippen LogP contribution is 2.26. The maximum absolute atomic E-state index is 12.0. The predicted octanol–water partition coefficient (Wildman–Crippen LogP) is 0.354. The van der Waals surface area contributed by atoms with Gasteiger partial charge in [-0.3, -0.25) is 9.59 Å². The minimum absolute atomic E-state index is 0.00922. The van der Waals surface area contributed by atoms with Crippen LogP contribution in [0.2, 0.25) is 0 Å². The van der Waals surface area contributed by atoms with Crippen molar-refractivity contribution < 1.29 is 14.7 Å². The number of nitrogens with one attached hydrogen (secondary N) is 2. The van der Waals surface area contributed by atoms with Crippen LogP contribution in [0.1, 0.15) is 32.6 Å². The van der Waals surface area contributed by atoms with Crippen LogP contribution in [0, 0.1) is 11.8 Å². The lowest BCUT2D eigenvalue weighted by atomic mass is 9.98. The number of hydrogen-bond acceptors (Lipinski definition) is 3. The van der Waals surface area contributed by atoms with E-state index in [1.165, 1.54) is 0 Å². The van der Waals surface area contributed by atoms with Gasteiger partial charge in [0.1, 0.15) is 0 Å².